The van der Waals surface area contributed by atoms with Crippen LogP contribution in [0.25, 0.3) is 0 Å². The number of rotatable bonds is 3. The monoisotopic (exact) mass is 264 g/mol. The second kappa shape index (κ2) is 6.22. The summed E-state index contributed by atoms with van der Waals surface area (Å²) >= 11 is 0. The van der Waals surface area contributed by atoms with Gasteiger partial charge in [0.1, 0.15) is 0 Å². The number of carbonyl (C=O) groups is 2. The lowest BCUT2D eigenvalue weighted by Crippen LogP contribution is -2.24. The van der Waals surface area contributed by atoms with Gasteiger partial charge in [0.25, 0.3) is 0 Å². The topological polar surface area (TPSA) is 81.4 Å². The second-order valence-corrected chi connectivity index (χ2v) is 4.95. The van der Waals surface area contributed by atoms with Crippen LogP contribution in [0.4, 0.5) is 15.3 Å². The van der Waals surface area contributed by atoms with Crippen LogP contribution < -0.4 is 11.1 Å². The summed E-state index contributed by atoms with van der Waals surface area (Å²) in [4.78, 5) is 22.1. The van der Waals surface area contributed by atoms with E-state index < -0.39 is 12.2 Å². The summed E-state index contributed by atoms with van der Waals surface area (Å²) in [6, 6.07) is 5.84. The van der Waals surface area contributed by atoms with E-state index >= 15 is 0 Å². The predicted octanol–water partition coefficient (Wildman–Crippen LogP) is 3.56. The molecule has 1 rings (SSSR count). The molecular formula is C14H20N2O3. The van der Waals surface area contributed by atoms with E-state index in [1.807, 2.05) is 45.9 Å². The van der Waals surface area contributed by atoms with Crippen molar-refractivity contribution >= 4 is 17.9 Å². The van der Waals surface area contributed by atoms with Crippen molar-refractivity contribution in [3.63, 3.8) is 0 Å². The molecule has 0 unspecified atom stereocenters. The Morgan fingerprint density at radius 1 is 1.11 bits per heavy atom. The number of ether oxygens (including phenoxy) is 1. The summed E-state index contributed by atoms with van der Waals surface area (Å²) < 4.78 is 4.31. The Hall–Kier alpha value is -2.04. The Balaban J connectivity index is 3.14. The largest absolute Gasteiger partial charge is 0.420 e. The number of nitrogens with one attached hydrogen (secondary N) is 1. The fraction of sp³-hybridized carbons (Fsp3) is 0.429. The van der Waals surface area contributed by atoms with Crippen LogP contribution in [0.5, 0.6) is 0 Å². The number of para-hydroxylation sites is 1. The van der Waals surface area contributed by atoms with E-state index in [1.165, 1.54) is 0 Å². The molecule has 1 aromatic rings. The first kappa shape index (κ1) is 15.0. The number of nitrogens with two attached hydrogens (primary N) is 1. The number of hydrogen-bond donors (Lipinski definition) is 2. The molecule has 1 aromatic carbocycles. The zero-order chi connectivity index (χ0) is 14.6. The predicted molar refractivity (Wildman–Crippen MR) is 74.3 cm³/mol. The minimum atomic E-state index is -1.12. The van der Waals surface area contributed by atoms with Gasteiger partial charge in [0.05, 0.1) is 5.69 Å². The Kier molecular flexibility index (Phi) is 4.92. The van der Waals surface area contributed by atoms with Gasteiger partial charge in [-0.2, -0.15) is 0 Å². The van der Waals surface area contributed by atoms with E-state index in [0.717, 1.165) is 11.1 Å². The highest BCUT2D eigenvalue weighted by atomic mass is 16.6. The highest BCUT2D eigenvalue weighted by molar-refractivity contribution is 5.93. The molecule has 3 N–H and O–H groups in total. The molecule has 0 aliphatic rings. The molecule has 0 aromatic heterocycles. The van der Waals surface area contributed by atoms with Gasteiger partial charge in [0.15, 0.2) is 0 Å². The third-order valence-corrected chi connectivity index (χ3v) is 2.79. The maximum Gasteiger partial charge on any atom is 0.420 e. The Morgan fingerprint density at radius 3 is 1.95 bits per heavy atom. The van der Waals surface area contributed by atoms with E-state index in [9.17, 15) is 9.59 Å². The molecule has 0 aliphatic carbocycles. The lowest BCUT2D eigenvalue weighted by atomic mass is 9.93. The van der Waals surface area contributed by atoms with Crippen molar-refractivity contribution in [3.05, 3.63) is 29.3 Å². The minimum Gasteiger partial charge on any atom is -0.359 e. The summed E-state index contributed by atoms with van der Waals surface area (Å²) in [6.45, 7) is 8.13. The SMILES string of the molecule is CC(C)c1cccc(C(C)C)c1NC(=O)OC(N)=O. The van der Waals surface area contributed by atoms with Gasteiger partial charge in [0, 0.05) is 0 Å². The van der Waals surface area contributed by atoms with Crippen LogP contribution in [0.1, 0.15) is 50.7 Å². The zero-order valence-corrected chi connectivity index (χ0v) is 11.7. The average molecular weight is 264 g/mol. The fourth-order valence-corrected chi connectivity index (χ4v) is 1.91. The van der Waals surface area contributed by atoms with Crippen molar-refractivity contribution in [2.45, 2.75) is 39.5 Å². The van der Waals surface area contributed by atoms with Crippen molar-refractivity contribution < 1.29 is 14.3 Å². The number of amides is 2. The van der Waals surface area contributed by atoms with Crippen LogP contribution in [0.2, 0.25) is 0 Å². The molecule has 0 radical (unpaired) electrons. The standard InChI is InChI=1S/C14H20N2O3/c1-8(2)10-6-5-7-11(9(3)4)12(10)16-14(18)19-13(15)17/h5-9H,1-4H3,(H2,15,17)(H,16,18). The van der Waals surface area contributed by atoms with Gasteiger partial charge in [0.2, 0.25) is 0 Å². The van der Waals surface area contributed by atoms with E-state index in [0.29, 0.717) is 5.69 Å². The fourth-order valence-electron chi connectivity index (χ4n) is 1.91. The van der Waals surface area contributed by atoms with Crippen molar-refractivity contribution in [1.82, 2.24) is 0 Å². The van der Waals surface area contributed by atoms with Gasteiger partial charge in [-0.15, -0.1) is 0 Å². The van der Waals surface area contributed by atoms with Gasteiger partial charge in [-0.05, 0) is 23.0 Å². The Bertz CT molecular complexity index is 455. The van der Waals surface area contributed by atoms with Gasteiger partial charge >= 0.3 is 12.2 Å². The van der Waals surface area contributed by atoms with Crippen LogP contribution >= 0.6 is 0 Å². The second-order valence-electron chi connectivity index (χ2n) is 4.95. The van der Waals surface area contributed by atoms with Gasteiger partial charge in [-0.1, -0.05) is 45.9 Å². The third-order valence-electron chi connectivity index (χ3n) is 2.79. The third kappa shape index (κ3) is 3.98. The summed E-state index contributed by atoms with van der Waals surface area (Å²) in [5.74, 6) is 0.477. The molecule has 5 nitrogen and oxygen atoms in total. The number of hydrogen-bond acceptors (Lipinski definition) is 3. The van der Waals surface area contributed by atoms with Gasteiger partial charge in [-0.25, -0.2) is 9.59 Å². The lowest BCUT2D eigenvalue weighted by molar-refractivity contribution is 0.167. The number of primary amides is 1. The average Bonchev–Trinajstić information content (AvgIpc) is 2.27. The molecule has 2 amide bonds. The molecule has 0 aliphatic heterocycles. The van der Waals surface area contributed by atoms with Crippen LogP contribution in [0, 0.1) is 0 Å². The Labute approximate surface area is 113 Å². The molecule has 0 fully saturated rings. The number of anilines is 1. The minimum absolute atomic E-state index is 0.238. The summed E-state index contributed by atoms with van der Waals surface area (Å²) in [5, 5.41) is 2.61. The van der Waals surface area contributed by atoms with Crippen LogP contribution in [-0.4, -0.2) is 12.2 Å². The van der Waals surface area contributed by atoms with Crippen molar-refractivity contribution in [2.24, 2.45) is 5.73 Å². The molecule has 0 saturated heterocycles. The maximum atomic E-state index is 11.5. The summed E-state index contributed by atoms with van der Waals surface area (Å²) in [5.41, 5.74) is 7.50. The van der Waals surface area contributed by atoms with E-state index in [-0.39, 0.29) is 11.8 Å². The van der Waals surface area contributed by atoms with Gasteiger partial charge < -0.3 is 10.5 Å². The van der Waals surface area contributed by atoms with Crippen molar-refractivity contribution in [1.29, 1.82) is 0 Å². The molecule has 19 heavy (non-hydrogen) atoms. The number of benzene rings is 1. The van der Waals surface area contributed by atoms with Crippen molar-refractivity contribution in [2.75, 3.05) is 5.32 Å². The van der Waals surface area contributed by atoms with Gasteiger partial charge in [-0.3, -0.25) is 5.32 Å². The molecule has 0 spiro atoms. The van der Waals surface area contributed by atoms with Crippen LogP contribution in [0.3, 0.4) is 0 Å². The molecule has 0 atom stereocenters. The van der Waals surface area contributed by atoms with E-state index in [1.54, 1.807) is 0 Å². The van der Waals surface area contributed by atoms with E-state index in [4.69, 9.17) is 5.73 Å². The lowest BCUT2D eigenvalue weighted by Gasteiger charge is -2.19. The normalized spacial score (nSPS) is 10.6. The maximum absolute atomic E-state index is 11.5. The van der Waals surface area contributed by atoms with Crippen LogP contribution in [-0.2, 0) is 4.74 Å². The highest BCUT2D eigenvalue weighted by Gasteiger charge is 2.17. The zero-order valence-electron chi connectivity index (χ0n) is 11.7. The van der Waals surface area contributed by atoms with E-state index in [2.05, 4.69) is 10.1 Å². The Morgan fingerprint density at radius 2 is 1.58 bits per heavy atom. The smallest absolute Gasteiger partial charge is 0.359 e. The molecule has 0 heterocycles. The summed E-state index contributed by atoms with van der Waals surface area (Å²) in [6.07, 6.45) is -1.98. The molecule has 0 saturated carbocycles. The first-order valence-corrected chi connectivity index (χ1v) is 6.24. The highest BCUT2D eigenvalue weighted by Crippen LogP contribution is 2.32. The first-order chi connectivity index (χ1) is 8.82. The molecule has 104 valence electrons. The quantitative estimate of drug-likeness (QED) is 0.819. The summed E-state index contributed by atoms with van der Waals surface area (Å²) in [7, 11) is 0. The molecular weight excluding hydrogens is 244 g/mol. The molecule has 0 bridgehead atoms. The number of carbonyl (C=O) groups excluding carboxylic acids is 2. The van der Waals surface area contributed by atoms with Crippen molar-refractivity contribution in [3.8, 4) is 0 Å². The first-order valence-electron chi connectivity index (χ1n) is 6.24. The van der Waals surface area contributed by atoms with Crippen LogP contribution in [0.15, 0.2) is 18.2 Å². The molecule has 5 heteroatoms.